The number of hydrogen-bond acceptors (Lipinski definition) is 3. The van der Waals surface area contributed by atoms with Gasteiger partial charge in [0.15, 0.2) is 0 Å². The zero-order valence-electron chi connectivity index (χ0n) is 12.4. The predicted octanol–water partition coefficient (Wildman–Crippen LogP) is 2.48. The Kier molecular flexibility index (Phi) is 5.96. The number of hydrogen-bond donors (Lipinski definition) is 2. The molecule has 0 fully saturated rings. The van der Waals surface area contributed by atoms with Crippen molar-refractivity contribution >= 4 is 11.9 Å². The third kappa shape index (κ3) is 4.34. The largest absolute Gasteiger partial charge is 0.489 e. The lowest BCUT2D eigenvalue weighted by atomic mass is 9.87. The van der Waals surface area contributed by atoms with Crippen LogP contribution in [0.3, 0.4) is 0 Å². The van der Waals surface area contributed by atoms with Crippen LogP contribution >= 0.6 is 0 Å². The highest BCUT2D eigenvalue weighted by Crippen LogP contribution is 2.21. The van der Waals surface area contributed by atoms with Gasteiger partial charge in [0.05, 0.1) is 11.0 Å². The third-order valence-electron chi connectivity index (χ3n) is 3.42. The number of carboxylic acids is 1. The minimum Gasteiger partial charge on any atom is -0.489 e. The molecule has 0 aliphatic rings. The maximum absolute atomic E-state index is 12.2. The van der Waals surface area contributed by atoms with Crippen molar-refractivity contribution in [2.24, 2.45) is 5.41 Å². The number of carbonyl (C=O) groups excluding carboxylic acids is 1. The fourth-order valence-corrected chi connectivity index (χ4v) is 1.65. The Morgan fingerprint density at radius 3 is 2.67 bits per heavy atom. The van der Waals surface area contributed by atoms with Gasteiger partial charge in [-0.15, -0.1) is 0 Å². The van der Waals surface area contributed by atoms with E-state index in [-0.39, 0.29) is 12.5 Å². The van der Waals surface area contributed by atoms with Gasteiger partial charge in [0.2, 0.25) is 0 Å². The second-order valence-corrected chi connectivity index (χ2v) is 5.00. The minimum absolute atomic E-state index is 0.0630. The SMILES string of the molecule is C=CCOc1ccccc1C(=O)NCC(C)(CC)C(=O)O. The maximum atomic E-state index is 12.2. The Morgan fingerprint density at radius 1 is 1.43 bits per heavy atom. The Bertz CT molecular complexity index is 527. The second-order valence-electron chi connectivity index (χ2n) is 5.00. The maximum Gasteiger partial charge on any atom is 0.311 e. The van der Waals surface area contributed by atoms with E-state index in [0.29, 0.717) is 24.3 Å². The molecule has 1 amide bonds. The summed E-state index contributed by atoms with van der Waals surface area (Å²) in [5, 5.41) is 11.9. The molecule has 0 bridgehead atoms. The van der Waals surface area contributed by atoms with Crippen LogP contribution < -0.4 is 10.1 Å². The molecule has 1 aromatic carbocycles. The molecule has 114 valence electrons. The molecule has 1 aromatic rings. The lowest BCUT2D eigenvalue weighted by Crippen LogP contribution is -2.40. The van der Waals surface area contributed by atoms with Crippen molar-refractivity contribution < 1.29 is 19.4 Å². The molecule has 0 spiro atoms. The fourth-order valence-electron chi connectivity index (χ4n) is 1.65. The highest BCUT2D eigenvalue weighted by molar-refractivity contribution is 5.97. The molecule has 1 atom stereocenters. The first-order chi connectivity index (χ1) is 9.94. The van der Waals surface area contributed by atoms with Crippen LogP contribution in [0.15, 0.2) is 36.9 Å². The van der Waals surface area contributed by atoms with Gasteiger partial charge >= 0.3 is 5.97 Å². The molecule has 1 rings (SSSR count). The standard InChI is InChI=1S/C16H21NO4/c1-4-10-21-13-9-7-6-8-12(13)14(18)17-11-16(3,5-2)15(19)20/h4,6-9H,1,5,10-11H2,2-3H3,(H,17,18)(H,19,20). The van der Waals surface area contributed by atoms with Crippen LogP contribution in [0.5, 0.6) is 5.75 Å². The summed E-state index contributed by atoms with van der Waals surface area (Å²) in [6.07, 6.45) is 2.02. The first kappa shape index (κ1) is 16.8. The number of para-hydroxylation sites is 1. The number of carboxylic acid groups (broad SMARTS) is 1. The summed E-state index contributed by atoms with van der Waals surface area (Å²) in [6, 6.07) is 6.82. The van der Waals surface area contributed by atoms with Gasteiger partial charge in [0.25, 0.3) is 5.91 Å². The Morgan fingerprint density at radius 2 is 2.10 bits per heavy atom. The van der Waals surface area contributed by atoms with E-state index in [0.717, 1.165) is 0 Å². The number of carbonyl (C=O) groups is 2. The van der Waals surface area contributed by atoms with Gasteiger partial charge in [-0.1, -0.05) is 31.7 Å². The van der Waals surface area contributed by atoms with Gasteiger partial charge in [-0.2, -0.15) is 0 Å². The third-order valence-corrected chi connectivity index (χ3v) is 3.42. The second kappa shape index (κ2) is 7.47. The van der Waals surface area contributed by atoms with E-state index < -0.39 is 11.4 Å². The Labute approximate surface area is 124 Å². The number of benzene rings is 1. The van der Waals surface area contributed by atoms with Crippen LogP contribution in [0.2, 0.25) is 0 Å². The van der Waals surface area contributed by atoms with Crippen LogP contribution in [0, 0.1) is 5.41 Å². The van der Waals surface area contributed by atoms with E-state index >= 15 is 0 Å². The summed E-state index contributed by atoms with van der Waals surface area (Å²) in [4.78, 5) is 23.4. The average molecular weight is 291 g/mol. The fraction of sp³-hybridized carbons (Fsp3) is 0.375. The van der Waals surface area contributed by atoms with Crippen molar-refractivity contribution in [3.05, 3.63) is 42.5 Å². The van der Waals surface area contributed by atoms with Gasteiger partial charge in [0, 0.05) is 6.54 Å². The number of ether oxygens (including phenoxy) is 1. The van der Waals surface area contributed by atoms with E-state index in [1.54, 1.807) is 44.2 Å². The molecule has 21 heavy (non-hydrogen) atoms. The molecule has 5 nitrogen and oxygen atoms in total. The number of aliphatic carboxylic acids is 1. The summed E-state index contributed by atoms with van der Waals surface area (Å²) < 4.78 is 5.42. The quantitative estimate of drug-likeness (QED) is 0.721. The molecule has 1 unspecified atom stereocenters. The van der Waals surface area contributed by atoms with Crippen molar-refractivity contribution in [3.8, 4) is 5.75 Å². The van der Waals surface area contributed by atoms with E-state index in [1.165, 1.54) is 0 Å². The van der Waals surface area contributed by atoms with Crippen LogP contribution in [-0.4, -0.2) is 30.1 Å². The highest BCUT2D eigenvalue weighted by atomic mass is 16.5. The summed E-state index contributed by atoms with van der Waals surface area (Å²) in [7, 11) is 0. The molecule has 0 heterocycles. The Balaban J connectivity index is 2.80. The molecular formula is C16H21NO4. The summed E-state index contributed by atoms with van der Waals surface area (Å²) in [5.74, 6) is -0.833. The first-order valence-electron chi connectivity index (χ1n) is 6.79. The molecule has 0 radical (unpaired) electrons. The van der Waals surface area contributed by atoms with Crippen LogP contribution in [0.25, 0.3) is 0 Å². The zero-order chi connectivity index (χ0) is 15.9. The van der Waals surface area contributed by atoms with Crippen molar-refractivity contribution in [1.29, 1.82) is 0 Å². The minimum atomic E-state index is -0.980. The van der Waals surface area contributed by atoms with Crippen LogP contribution in [-0.2, 0) is 4.79 Å². The molecule has 0 aliphatic heterocycles. The topological polar surface area (TPSA) is 75.6 Å². The molecule has 0 saturated heterocycles. The van der Waals surface area contributed by atoms with E-state index in [9.17, 15) is 14.7 Å². The predicted molar refractivity (Wildman–Crippen MR) is 80.5 cm³/mol. The van der Waals surface area contributed by atoms with E-state index in [2.05, 4.69) is 11.9 Å². The van der Waals surface area contributed by atoms with Gasteiger partial charge in [0.1, 0.15) is 12.4 Å². The molecule has 0 aliphatic carbocycles. The Hall–Kier alpha value is -2.30. The van der Waals surface area contributed by atoms with Crippen LogP contribution in [0.4, 0.5) is 0 Å². The lowest BCUT2D eigenvalue weighted by molar-refractivity contribution is -0.147. The van der Waals surface area contributed by atoms with Crippen molar-refractivity contribution in [2.75, 3.05) is 13.2 Å². The van der Waals surface area contributed by atoms with E-state index in [4.69, 9.17) is 4.74 Å². The first-order valence-corrected chi connectivity index (χ1v) is 6.79. The van der Waals surface area contributed by atoms with Crippen LogP contribution in [0.1, 0.15) is 30.6 Å². The van der Waals surface area contributed by atoms with Gasteiger partial charge in [-0.3, -0.25) is 9.59 Å². The van der Waals surface area contributed by atoms with Crippen molar-refractivity contribution in [3.63, 3.8) is 0 Å². The number of rotatable bonds is 8. The van der Waals surface area contributed by atoms with Gasteiger partial charge in [-0.25, -0.2) is 0 Å². The smallest absolute Gasteiger partial charge is 0.311 e. The molecule has 0 aromatic heterocycles. The van der Waals surface area contributed by atoms with E-state index in [1.807, 2.05) is 0 Å². The highest BCUT2D eigenvalue weighted by Gasteiger charge is 2.31. The van der Waals surface area contributed by atoms with Gasteiger partial charge < -0.3 is 15.2 Å². The molecule has 5 heteroatoms. The normalized spacial score (nSPS) is 13.0. The molecule has 0 saturated carbocycles. The van der Waals surface area contributed by atoms with Crippen molar-refractivity contribution in [1.82, 2.24) is 5.32 Å². The summed E-state index contributed by atoms with van der Waals surface area (Å²) in [6.45, 7) is 7.31. The van der Waals surface area contributed by atoms with Gasteiger partial charge in [-0.05, 0) is 25.5 Å². The number of amides is 1. The molecular weight excluding hydrogens is 270 g/mol. The summed E-state index contributed by atoms with van der Waals surface area (Å²) in [5.41, 5.74) is -0.602. The monoisotopic (exact) mass is 291 g/mol. The van der Waals surface area contributed by atoms with Crippen molar-refractivity contribution in [2.45, 2.75) is 20.3 Å². The molecule has 2 N–H and O–H groups in total. The average Bonchev–Trinajstić information content (AvgIpc) is 2.50. The number of nitrogens with one attached hydrogen (secondary N) is 1. The zero-order valence-corrected chi connectivity index (χ0v) is 12.4. The lowest BCUT2D eigenvalue weighted by Gasteiger charge is -2.23. The summed E-state index contributed by atoms with van der Waals surface area (Å²) >= 11 is 0.